The summed E-state index contributed by atoms with van der Waals surface area (Å²) in [6, 6.07) is 6.09. The lowest BCUT2D eigenvalue weighted by Crippen LogP contribution is -2.36. The summed E-state index contributed by atoms with van der Waals surface area (Å²) >= 11 is 6.01. The molecule has 0 saturated heterocycles. The fraction of sp³-hybridized carbons (Fsp3) is 0.429. The van der Waals surface area contributed by atoms with Gasteiger partial charge in [0.05, 0.1) is 0 Å². The first-order chi connectivity index (χ1) is 8.25. The molecule has 1 heterocycles. The second kappa shape index (κ2) is 4.04. The highest BCUT2D eigenvalue weighted by molar-refractivity contribution is 6.31. The molecule has 0 bridgehead atoms. The molecule has 1 aliphatic rings. The van der Waals surface area contributed by atoms with Gasteiger partial charge in [0.2, 0.25) is 0 Å². The van der Waals surface area contributed by atoms with Crippen LogP contribution in [0.15, 0.2) is 24.4 Å². The Morgan fingerprint density at radius 2 is 2.18 bits per heavy atom. The van der Waals surface area contributed by atoms with Crippen LogP contribution in [-0.4, -0.2) is 11.5 Å². The minimum atomic E-state index is 0.320. The van der Waals surface area contributed by atoms with Gasteiger partial charge in [-0.2, -0.15) is 0 Å². The van der Waals surface area contributed by atoms with Crippen LogP contribution in [0.25, 0.3) is 10.9 Å². The van der Waals surface area contributed by atoms with Gasteiger partial charge in [-0.1, -0.05) is 24.1 Å². The molecule has 1 fully saturated rings. The van der Waals surface area contributed by atoms with Crippen molar-refractivity contribution in [3.8, 4) is 0 Å². The van der Waals surface area contributed by atoms with Crippen LogP contribution >= 0.6 is 11.6 Å². The zero-order valence-electron chi connectivity index (χ0n) is 9.80. The monoisotopic (exact) mass is 248 g/mol. The summed E-state index contributed by atoms with van der Waals surface area (Å²) in [5.41, 5.74) is 8.65. The third kappa shape index (κ3) is 1.67. The van der Waals surface area contributed by atoms with E-state index in [1.807, 2.05) is 12.1 Å². The number of halogens is 1. The summed E-state index contributed by atoms with van der Waals surface area (Å²) in [4.78, 5) is 3.34. The molecule has 0 spiro atoms. The smallest absolute Gasteiger partial charge is 0.0471 e. The number of nitrogens with one attached hydrogen (secondary N) is 1. The number of fused-ring (bicyclic) bond motifs is 1. The quantitative estimate of drug-likeness (QED) is 0.856. The summed E-state index contributed by atoms with van der Waals surface area (Å²) < 4.78 is 0. The minimum absolute atomic E-state index is 0.320. The molecule has 3 rings (SSSR count). The van der Waals surface area contributed by atoms with Crippen LogP contribution < -0.4 is 5.73 Å². The Labute approximate surface area is 106 Å². The van der Waals surface area contributed by atoms with E-state index in [9.17, 15) is 0 Å². The van der Waals surface area contributed by atoms with Gasteiger partial charge in [-0.25, -0.2) is 0 Å². The van der Waals surface area contributed by atoms with Crippen LogP contribution in [0.5, 0.6) is 0 Å². The van der Waals surface area contributed by atoms with Crippen molar-refractivity contribution >= 4 is 22.5 Å². The van der Waals surface area contributed by atoms with Crippen LogP contribution in [0.4, 0.5) is 0 Å². The molecule has 1 aromatic carbocycles. The molecule has 90 valence electrons. The standard InChI is InChI=1S/C14H17ClN2/c15-10-2-3-11-12(9-17-13(11)8-10)14(6-7-16)4-1-5-14/h2-3,8-9,17H,1,4-7,16H2. The van der Waals surface area contributed by atoms with Gasteiger partial charge >= 0.3 is 0 Å². The van der Waals surface area contributed by atoms with E-state index >= 15 is 0 Å². The zero-order valence-corrected chi connectivity index (χ0v) is 10.6. The van der Waals surface area contributed by atoms with Crippen LogP contribution in [0, 0.1) is 0 Å². The topological polar surface area (TPSA) is 41.8 Å². The molecule has 2 nitrogen and oxygen atoms in total. The van der Waals surface area contributed by atoms with Gasteiger partial charge in [0.25, 0.3) is 0 Å². The van der Waals surface area contributed by atoms with Crippen LogP contribution in [0.2, 0.25) is 5.02 Å². The molecule has 2 aromatic rings. The number of hydrogen-bond acceptors (Lipinski definition) is 1. The van der Waals surface area contributed by atoms with E-state index in [1.165, 1.54) is 30.2 Å². The Hall–Kier alpha value is -0.990. The Balaban J connectivity index is 2.10. The summed E-state index contributed by atoms with van der Waals surface area (Å²) in [6.07, 6.45) is 7.08. The predicted molar refractivity (Wildman–Crippen MR) is 72.5 cm³/mol. The number of rotatable bonds is 3. The van der Waals surface area contributed by atoms with Gasteiger partial charge in [-0.3, -0.25) is 0 Å². The van der Waals surface area contributed by atoms with Crippen molar-refractivity contribution in [2.45, 2.75) is 31.1 Å². The fourth-order valence-corrected chi connectivity index (χ4v) is 3.24. The molecule has 3 N–H and O–H groups in total. The maximum Gasteiger partial charge on any atom is 0.0471 e. The van der Waals surface area contributed by atoms with Crippen molar-refractivity contribution < 1.29 is 0 Å². The maximum absolute atomic E-state index is 6.01. The maximum atomic E-state index is 6.01. The first kappa shape index (κ1) is 11.1. The number of aromatic amines is 1. The van der Waals surface area contributed by atoms with Crippen molar-refractivity contribution in [2.75, 3.05) is 6.54 Å². The van der Waals surface area contributed by atoms with E-state index < -0.39 is 0 Å². The second-order valence-electron chi connectivity index (χ2n) is 5.06. The highest BCUT2D eigenvalue weighted by atomic mass is 35.5. The molecular formula is C14H17ClN2. The van der Waals surface area contributed by atoms with Crippen molar-refractivity contribution in [2.24, 2.45) is 5.73 Å². The average Bonchev–Trinajstić information content (AvgIpc) is 2.66. The van der Waals surface area contributed by atoms with E-state index in [0.717, 1.165) is 23.5 Å². The lowest BCUT2D eigenvalue weighted by molar-refractivity contribution is 0.231. The molecule has 1 aliphatic carbocycles. The highest BCUT2D eigenvalue weighted by Crippen LogP contribution is 2.48. The minimum Gasteiger partial charge on any atom is -0.361 e. The van der Waals surface area contributed by atoms with E-state index in [0.29, 0.717) is 5.41 Å². The molecule has 0 amide bonds. The van der Waals surface area contributed by atoms with Crippen molar-refractivity contribution in [3.63, 3.8) is 0 Å². The third-order valence-corrected chi connectivity index (χ3v) is 4.38. The summed E-state index contributed by atoms with van der Waals surface area (Å²) in [7, 11) is 0. The second-order valence-corrected chi connectivity index (χ2v) is 5.50. The lowest BCUT2D eigenvalue weighted by Gasteiger charge is -2.42. The largest absolute Gasteiger partial charge is 0.361 e. The number of nitrogens with two attached hydrogens (primary N) is 1. The molecular weight excluding hydrogens is 232 g/mol. The summed E-state index contributed by atoms with van der Waals surface area (Å²) in [5, 5.41) is 2.09. The van der Waals surface area contributed by atoms with Crippen molar-refractivity contribution in [1.29, 1.82) is 0 Å². The Morgan fingerprint density at radius 1 is 1.35 bits per heavy atom. The van der Waals surface area contributed by atoms with Crippen LogP contribution in [-0.2, 0) is 5.41 Å². The lowest BCUT2D eigenvalue weighted by atomic mass is 9.62. The molecule has 3 heteroatoms. The van der Waals surface area contributed by atoms with Gasteiger partial charge in [-0.05, 0) is 48.9 Å². The van der Waals surface area contributed by atoms with Gasteiger partial charge in [0.15, 0.2) is 0 Å². The Morgan fingerprint density at radius 3 is 2.82 bits per heavy atom. The normalized spacial score (nSPS) is 18.2. The Bertz CT molecular complexity index is 540. The number of benzene rings is 1. The van der Waals surface area contributed by atoms with E-state index in [-0.39, 0.29) is 0 Å². The molecule has 17 heavy (non-hydrogen) atoms. The van der Waals surface area contributed by atoms with Gasteiger partial charge in [-0.15, -0.1) is 0 Å². The van der Waals surface area contributed by atoms with Gasteiger partial charge in [0.1, 0.15) is 0 Å². The highest BCUT2D eigenvalue weighted by Gasteiger charge is 2.39. The van der Waals surface area contributed by atoms with E-state index in [4.69, 9.17) is 17.3 Å². The van der Waals surface area contributed by atoms with Crippen LogP contribution in [0.3, 0.4) is 0 Å². The molecule has 0 atom stereocenters. The number of aromatic nitrogens is 1. The first-order valence-corrected chi connectivity index (χ1v) is 6.60. The molecule has 0 radical (unpaired) electrons. The molecule has 0 unspecified atom stereocenters. The summed E-state index contributed by atoms with van der Waals surface area (Å²) in [5.74, 6) is 0. The average molecular weight is 249 g/mol. The van der Waals surface area contributed by atoms with Gasteiger partial charge in [0, 0.05) is 22.1 Å². The number of H-pyrrole nitrogens is 1. The molecule has 1 saturated carbocycles. The van der Waals surface area contributed by atoms with Crippen molar-refractivity contribution in [1.82, 2.24) is 4.98 Å². The summed E-state index contributed by atoms with van der Waals surface area (Å²) in [6.45, 7) is 0.764. The third-order valence-electron chi connectivity index (χ3n) is 4.15. The SMILES string of the molecule is NCCC1(c2c[nH]c3cc(Cl)ccc23)CCC1. The van der Waals surface area contributed by atoms with Gasteiger partial charge < -0.3 is 10.7 Å². The number of hydrogen-bond donors (Lipinski definition) is 2. The van der Waals surface area contributed by atoms with E-state index in [1.54, 1.807) is 0 Å². The fourth-order valence-electron chi connectivity index (χ4n) is 3.07. The Kier molecular flexibility index (Phi) is 2.64. The predicted octanol–water partition coefficient (Wildman–Crippen LogP) is 3.59. The zero-order chi connectivity index (χ0) is 11.9. The van der Waals surface area contributed by atoms with Crippen LogP contribution in [0.1, 0.15) is 31.2 Å². The molecule has 0 aliphatic heterocycles. The molecule has 1 aromatic heterocycles. The van der Waals surface area contributed by atoms with E-state index in [2.05, 4.69) is 17.2 Å². The first-order valence-electron chi connectivity index (χ1n) is 6.22. The van der Waals surface area contributed by atoms with Crippen molar-refractivity contribution in [3.05, 3.63) is 35.0 Å².